The Morgan fingerprint density at radius 1 is 0.897 bits per heavy atom. The summed E-state index contributed by atoms with van der Waals surface area (Å²) in [6.45, 7) is 3.30. The molecule has 0 radical (unpaired) electrons. The highest BCUT2D eigenvalue weighted by atomic mass is 16.4. The van der Waals surface area contributed by atoms with E-state index in [2.05, 4.69) is 0 Å². The second-order valence-electron chi connectivity index (χ2n) is 7.06. The maximum Gasteiger partial charge on any atom is 0.335 e. The van der Waals surface area contributed by atoms with Crippen LogP contribution in [-0.4, -0.2) is 52.0 Å². The number of hydrogen-bond acceptors (Lipinski definition) is 4. The molecule has 1 saturated heterocycles. The number of nitrogens with zero attached hydrogens (tertiary/aromatic N) is 1. The number of primary amides is 1. The molecular weight excluding hydrogens is 376 g/mol. The van der Waals surface area contributed by atoms with Crippen molar-refractivity contribution in [1.82, 2.24) is 4.90 Å². The summed E-state index contributed by atoms with van der Waals surface area (Å²) < 4.78 is 0. The van der Waals surface area contributed by atoms with E-state index >= 15 is 0 Å². The van der Waals surface area contributed by atoms with Crippen LogP contribution in [0.5, 0.6) is 0 Å². The summed E-state index contributed by atoms with van der Waals surface area (Å²) in [6.07, 6.45) is 7.21. The van der Waals surface area contributed by atoms with Crippen molar-refractivity contribution < 1.29 is 29.4 Å². The minimum atomic E-state index is -1.11. The van der Waals surface area contributed by atoms with Crippen LogP contribution in [0.25, 0.3) is 0 Å². The Bertz CT molecular complexity index is 692. The number of likely N-dealkylation sites (tertiary alicyclic amines) is 1. The molecule has 2 rings (SSSR count). The number of aromatic carboxylic acids is 2. The van der Waals surface area contributed by atoms with E-state index in [1.165, 1.54) is 38.0 Å². The van der Waals surface area contributed by atoms with Gasteiger partial charge in [-0.05, 0) is 50.3 Å². The maximum atomic E-state index is 11.8. The molecule has 1 aromatic rings. The van der Waals surface area contributed by atoms with E-state index in [0.29, 0.717) is 12.8 Å². The topological polar surface area (TPSA) is 138 Å². The van der Waals surface area contributed by atoms with Crippen LogP contribution < -0.4 is 5.73 Å². The van der Waals surface area contributed by atoms with E-state index in [4.69, 9.17) is 15.9 Å². The Balaban J connectivity index is 0.000000296. The van der Waals surface area contributed by atoms with Crippen molar-refractivity contribution in [2.45, 2.75) is 58.3 Å². The molecule has 0 unspecified atom stereocenters. The summed E-state index contributed by atoms with van der Waals surface area (Å²) in [5.41, 5.74) is 5.37. The van der Waals surface area contributed by atoms with Crippen LogP contribution in [0.15, 0.2) is 18.2 Å². The SMILES string of the molecule is Cc1c(C(=O)O)cccc1C(=O)O.NC(=O)CCCCC(=O)N1CCCCCC1. The number of carboxylic acids is 2. The van der Waals surface area contributed by atoms with Crippen LogP contribution in [0.1, 0.15) is 77.6 Å². The molecule has 1 aliphatic heterocycles. The first-order valence-corrected chi connectivity index (χ1v) is 9.86. The molecule has 0 aliphatic carbocycles. The lowest BCUT2D eigenvalue weighted by molar-refractivity contribution is -0.131. The largest absolute Gasteiger partial charge is 0.478 e. The van der Waals surface area contributed by atoms with E-state index in [0.717, 1.165) is 38.8 Å². The standard InChI is InChI=1S/C12H22N2O2.C9H8O4/c13-11(15)7-3-4-8-12(16)14-9-5-1-2-6-10-14;1-5-6(8(10)11)3-2-4-7(5)9(12)13/h1-10H2,(H2,13,15);2-4H,1H3,(H,10,11)(H,12,13). The third-order valence-corrected chi connectivity index (χ3v) is 4.82. The Labute approximate surface area is 170 Å². The van der Waals surface area contributed by atoms with E-state index in [1.54, 1.807) is 0 Å². The molecule has 0 bridgehead atoms. The van der Waals surface area contributed by atoms with Gasteiger partial charge < -0.3 is 20.8 Å². The Kier molecular flexibility index (Phi) is 10.4. The zero-order chi connectivity index (χ0) is 21.8. The fraction of sp³-hybridized carbons (Fsp3) is 0.524. The van der Waals surface area contributed by atoms with Gasteiger partial charge in [-0.3, -0.25) is 9.59 Å². The van der Waals surface area contributed by atoms with Gasteiger partial charge in [0.05, 0.1) is 11.1 Å². The molecule has 0 aromatic heterocycles. The van der Waals surface area contributed by atoms with Gasteiger partial charge in [-0.25, -0.2) is 9.59 Å². The number of nitrogens with two attached hydrogens (primary N) is 1. The monoisotopic (exact) mass is 406 g/mol. The number of rotatable bonds is 7. The molecule has 29 heavy (non-hydrogen) atoms. The number of hydrogen-bond donors (Lipinski definition) is 3. The van der Waals surface area contributed by atoms with Crippen molar-refractivity contribution in [2.24, 2.45) is 5.73 Å². The van der Waals surface area contributed by atoms with Gasteiger partial charge in [0.25, 0.3) is 0 Å². The fourth-order valence-corrected chi connectivity index (χ4v) is 3.15. The van der Waals surface area contributed by atoms with Crippen molar-refractivity contribution >= 4 is 23.8 Å². The molecule has 1 aliphatic rings. The van der Waals surface area contributed by atoms with Gasteiger partial charge >= 0.3 is 11.9 Å². The van der Waals surface area contributed by atoms with Crippen LogP contribution in [0.3, 0.4) is 0 Å². The minimum Gasteiger partial charge on any atom is -0.478 e. The molecule has 0 spiro atoms. The lowest BCUT2D eigenvalue weighted by atomic mass is 10.0. The van der Waals surface area contributed by atoms with E-state index in [-0.39, 0.29) is 28.5 Å². The van der Waals surface area contributed by atoms with Crippen LogP contribution in [0, 0.1) is 6.92 Å². The molecule has 1 fully saturated rings. The molecule has 2 amide bonds. The highest BCUT2D eigenvalue weighted by Gasteiger charge is 2.15. The third kappa shape index (κ3) is 8.76. The summed E-state index contributed by atoms with van der Waals surface area (Å²) in [6, 6.07) is 4.17. The molecule has 160 valence electrons. The average molecular weight is 406 g/mol. The maximum absolute atomic E-state index is 11.8. The number of amides is 2. The van der Waals surface area contributed by atoms with E-state index < -0.39 is 11.9 Å². The lowest BCUT2D eigenvalue weighted by Crippen LogP contribution is -2.31. The van der Waals surface area contributed by atoms with Crippen LogP contribution >= 0.6 is 0 Å². The Hall–Kier alpha value is -2.90. The predicted molar refractivity (Wildman–Crippen MR) is 108 cm³/mol. The van der Waals surface area contributed by atoms with Crippen molar-refractivity contribution in [3.63, 3.8) is 0 Å². The number of carbonyl (C=O) groups excluding carboxylic acids is 2. The number of carboxylic acid groups (broad SMARTS) is 2. The minimum absolute atomic E-state index is 0.0277. The first kappa shape index (κ1) is 24.1. The predicted octanol–water partition coefficient (Wildman–Crippen LogP) is 2.83. The molecule has 8 nitrogen and oxygen atoms in total. The fourth-order valence-electron chi connectivity index (χ4n) is 3.15. The summed E-state index contributed by atoms with van der Waals surface area (Å²) >= 11 is 0. The van der Waals surface area contributed by atoms with Gasteiger partial charge in [-0.1, -0.05) is 18.9 Å². The highest BCUT2D eigenvalue weighted by molar-refractivity contribution is 5.96. The van der Waals surface area contributed by atoms with Gasteiger partial charge in [-0.2, -0.15) is 0 Å². The van der Waals surface area contributed by atoms with Crippen molar-refractivity contribution in [3.05, 3.63) is 34.9 Å². The Morgan fingerprint density at radius 2 is 1.38 bits per heavy atom. The van der Waals surface area contributed by atoms with Gasteiger partial charge in [0.1, 0.15) is 0 Å². The lowest BCUT2D eigenvalue weighted by Gasteiger charge is -2.20. The van der Waals surface area contributed by atoms with Gasteiger partial charge in [-0.15, -0.1) is 0 Å². The van der Waals surface area contributed by atoms with Crippen molar-refractivity contribution in [3.8, 4) is 0 Å². The quantitative estimate of drug-likeness (QED) is 0.595. The van der Waals surface area contributed by atoms with Gasteiger partial charge in [0.15, 0.2) is 0 Å². The van der Waals surface area contributed by atoms with Crippen LogP contribution in [0.2, 0.25) is 0 Å². The zero-order valence-electron chi connectivity index (χ0n) is 16.9. The second kappa shape index (κ2) is 12.5. The summed E-state index contributed by atoms with van der Waals surface area (Å²) in [5.74, 6) is -2.25. The molecule has 1 heterocycles. The van der Waals surface area contributed by atoms with Crippen LogP contribution in [-0.2, 0) is 9.59 Å². The van der Waals surface area contributed by atoms with Crippen molar-refractivity contribution in [1.29, 1.82) is 0 Å². The first-order valence-electron chi connectivity index (χ1n) is 9.86. The summed E-state index contributed by atoms with van der Waals surface area (Å²) in [5, 5.41) is 17.4. The molecule has 8 heteroatoms. The zero-order valence-corrected chi connectivity index (χ0v) is 16.9. The molecule has 1 aromatic carbocycles. The van der Waals surface area contributed by atoms with Crippen molar-refractivity contribution in [2.75, 3.05) is 13.1 Å². The first-order chi connectivity index (χ1) is 13.7. The summed E-state index contributed by atoms with van der Waals surface area (Å²) in [4.78, 5) is 45.5. The van der Waals surface area contributed by atoms with E-state index in [9.17, 15) is 19.2 Å². The molecular formula is C21H30N2O6. The van der Waals surface area contributed by atoms with Crippen LogP contribution in [0.4, 0.5) is 0 Å². The molecule has 0 saturated carbocycles. The smallest absolute Gasteiger partial charge is 0.335 e. The highest BCUT2D eigenvalue weighted by Crippen LogP contribution is 2.14. The van der Waals surface area contributed by atoms with Gasteiger partial charge in [0, 0.05) is 25.9 Å². The molecule has 4 N–H and O–H groups in total. The average Bonchev–Trinajstić information content (AvgIpc) is 2.94. The number of carbonyl (C=O) groups is 4. The van der Waals surface area contributed by atoms with Gasteiger partial charge in [0.2, 0.25) is 11.8 Å². The number of benzene rings is 1. The summed E-state index contributed by atoms with van der Waals surface area (Å²) in [7, 11) is 0. The van der Waals surface area contributed by atoms with E-state index in [1.807, 2.05) is 4.90 Å². The normalized spacial score (nSPS) is 13.6. The third-order valence-electron chi connectivity index (χ3n) is 4.82. The Morgan fingerprint density at radius 3 is 1.83 bits per heavy atom. The number of unbranched alkanes of at least 4 members (excludes halogenated alkanes) is 1. The molecule has 0 atom stereocenters. The second-order valence-corrected chi connectivity index (χ2v) is 7.06.